The van der Waals surface area contributed by atoms with Crippen LogP contribution in [0.1, 0.15) is 5.56 Å². The van der Waals surface area contributed by atoms with Crippen LogP contribution < -0.4 is 0 Å². The van der Waals surface area contributed by atoms with Crippen molar-refractivity contribution in [1.29, 1.82) is 0 Å². The molecule has 0 aromatic heterocycles. The van der Waals surface area contributed by atoms with Crippen LogP contribution in [0.15, 0.2) is 48.5 Å². The summed E-state index contributed by atoms with van der Waals surface area (Å²) in [6.45, 7) is -0.0283. The number of rotatable bonds is 2. The second kappa shape index (κ2) is 4.47. The molecule has 0 aliphatic rings. The van der Waals surface area contributed by atoms with Gasteiger partial charge in [0, 0.05) is 5.56 Å². The first-order chi connectivity index (χ1) is 7.33. The van der Waals surface area contributed by atoms with Gasteiger partial charge in [0.1, 0.15) is 0 Å². The van der Waals surface area contributed by atoms with Crippen LogP contribution in [-0.2, 0) is 6.61 Å². The van der Waals surface area contributed by atoms with E-state index in [2.05, 4.69) is 0 Å². The van der Waals surface area contributed by atoms with Gasteiger partial charge >= 0.3 is 0 Å². The molecule has 0 atom stereocenters. The van der Waals surface area contributed by atoms with Crippen molar-refractivity contribution in [2.24, 2.45) is 0 Å². The van der Waals surface area contributed by atoms with Crippen molar-refractivity contribution >= 4 is 11.6 Å². The predicted octanol–water partition coefficient (Wildman–Crippen LogP) is 3.50. The Morgan fingerprint density at radius 1 is 0.933 bits per heavy atom. The number of aliphatic hydroxyl groups excluding tert-OH is 1. The molecule has 0 amide bonds. The van der Waals surface area contributed by atoms with E-state index in [0.717, 1.165) is 16.7 Å². The molecule has 1 nitrogen and oxygen atoms in total. The Kier molecular flexibility index (Phi) is 3.05. The van der Waals surface area contributed by atoms with Gasteiger partial charge in [-0.05, 0) is 11.1 Å². The summed E-state index contributed by atoms with van der Waals surface area (Å²) in [5.41, 5.74) is 2.79. The Labute approximate surface area is 94.0 Å². The van der Waals surface area contributed by atoms with Gasteiger partial charge in [0.05, 0.1) is 11.6 Å². The first-order valence-corrected chi connectivity index (χ1v) is 5.14. The highest BCUT2D eigenvalue weighted by atomic mass is 35.5. The van der Waals surface area contributed by atoms with E-state index in [1.807, 2.05) is 48.5 Å². The molecule has 0 spiro atoms. The SMILES string of the molecule is OCc1cccc(-c2ccccc2)c1Cl. The third kappa shape index (κ3) is 2.04. The van der Waals surface area contributed by atoms with E-state index in [-0.39, 0.29) is 6.61 Å². The molecule has 0 saturated heterocycles. The number of aliphatic hydroxyl groups is 1. The van der Waals surface area contributed by atoms with Gasteiger partial charge < -0.3 is 5.11 Å². The van der Waals surface area contributed by atoms with E-state index in [0.29, 0.717) is 5.02 Å². The summed E-state index contributed by atoms with van der Waals surface area (Å²) >= 11 is 6.18. The van der Waals surface area contributed by atoms with Crippen LogP contribution in [0.5, 0.6) is 0 Å². The summed E-state index contributed by atoms with van der Waals surface area (Å²) in [7, 11) is 0. The maximum Gasteiger partial charge on any atom is 0.0696 e. The van der Waals surface area contributed by atoms with Crippen LogP contribution in [-0.4, -0.2) is 5.11 Å². The van der Waals surface area contributed by atoms with E-state index in [1.54, 1.807) is 0 Å². The maximum absolute atomic E-state index is 9.11. The highest BCUT2D eigenvalue weighted by molar-refractivity contribution is 6.34. The van der Waals surface area contributed by atoms with Crippen LogP contribution in [0.25, 0.3) is 11.1 Å². The van der Waals surface area contributed by atoms with Gasteiger partial charge in [-0.3, -0.25) is 0 Å². The average molecular weight is 219 g/mol. The molecule has 76 valence electrons. The normalized spacial score (nSPS) is 10.3. The quantitative estimate of drug-likeness (QED) is 0.818. The Balaban J connectivity index is 2.54. The lowest BCUT2D eigenvalue weighted by molar-refractivity contribution is 0.282. The third-order valence-electron chi connectivity index (χ3n) is 2.33. The van der Waals surface area contributed by atoms with Gasteiger partial charge in [0.2, 0.25) is 0 Å². The Hall–Kier alpha value is -1.31. The van der Waals surface area contributed by atoms with E-state index in [1.165, 1.54) is 0 Å². The summed E-state index contributed by atoms with van der Waals surface area (Å²) < 4.78 is 0. The minimum absolute atomic E-state index is 0.0283. The van der Waals surface area contributed by atoms with Crippen molar-refractivity contribution in [2.75, 3.05) is 0 Å². The van der Waals surface area contributed by atoms with Crippen LogP contribution in [0.4, 0.5) is 0 Å². The largest absolute Gasteiger partial charge is 0.392 e. The Bertz CT molecular complexity index is 451. The highest BCUT2D eigenvalue weighted by Gasteiger charge is 2.06. The average Bonchev–Trinajstić information content (AvgIpc) is 2.30. The number of benzene rings is 2. The topological polar surface area (TPSA) is 20.2 Å². The van der Waals surface area contributed by atoms with E-state index in [9.17, 15) is 0 Å². The van der Waals surface area contributed by atoms with Crippen LogP contribution in [0.2, 0.25) is 5.02 Å². The minimum atomic E-state index is -0.0283. The maximum atomic E-state index is 9.11. The molecule has 1 N–H and O–H groups in total. The monoisotopic (exact) mass is 218 g/mol. The van der Waals surface area contributed by atoms with Crippen molar-refractivity contribution in [2.45, 2.75) is 6.61 Å². The molecule has 2 aromatic rings. The second-order valence-electron chi connectivity index (χ2n) is 3.30. The van der Waals surface area contributed by atoms with E-state index >= 15 is 0 Å². The second-order valence-corrected chi connectivity index (χ2v) is 3.68. The summed E-state index contributed by atoms with van der Waals surface area (Å²) in [6, 6.07) is 15.6. The van der Waals surface area contributed by atoms with Gasteiger partial charge in [0.25, 0.3) is 0 Å². The molecule has 0 bridgehead atoms. The summed E-state index contributed by atoms with van der Waals surface area (Å²) in [5.74, 6) is 0. The molecule has 0 fully saturated rings. The lowest BCUT2D eigenvalue weighted by Gasteiger charge is -2.07. The molecule has 2 heteroatoms. The fourth-order valence-electron chi connectivity index (χ4n) is 1.54. The number of hydrogen-bond acceptors (Lipinski definition) is 1. The summed E-state index contributed by atoms with van der Waals surface area (Å²) in [4.78, 5) is 0. The highest BCUT2D eigenvalue weighted by Crippen LogP contribution is 2.30. The van der Waals surface area contributed by atoms with Gasteiger partial charge in [-0.1, -0.05) is 60.1 Å². The van der Waals surface area contributed by atoms with Gasteiger partial charge in [-0.25, -0.2) is 0 Å². The van der Waals surface area contributed by atoms with Crippen molar-refractivity contribution < 1.29 is 5.11 Å². The molecule has 0 unspecified atom stereocenters. The molecule has 0 radical (unpaired) electrons. The molecule has 2 rings (SSSR count). The van der Waals surface area contributed by atoms with E-state index in [4.69, 9.17) is 16.7 Å². The molecule has 0 saturated carbocycles. The fourth-order valence-corrected chi connectivity index (χ4v) is 1.84. The third-order valence-corrected chi connectivity index (χ3v) is 2.78. The summed E-state index contributed by atoms with van der Waals surface area (Å²) in [5, 5.41) is 9.74. The Morgan fingerprint density at radius 2 is 1.67 bits per heavy atom. The van der Waals surface area contributed by atoms with Crippen molar-refractivity contribution in [3.05, 3.63) is 59.1 Å². The molecule has 15 heavy (non-hydrogen) atoms. The first kappa shape index (κ1) is 10.2. The zero-order valence-corrected chi connectivity index (χ0v) is 8.91. The molecule has 0 aliphatic carbocycles. The zero-order valence-electron chi connectivity index (χ0n) is 8.15. The van der Waals surface area contributed by atoms with Gasteiger partial charge in [-0.2, -0.15) is 0 Å². The Morgan fingerprint density at radius 3 is 2.33 bits per heavy atom. The van der Waals surface area contributed by atoms with Crippen LogP contribution in [0, 0.1) is 0 Å². The van der Waals surface area contributed by atoms with Gasteiger partial charge in [0.15, 0.2) is 0 Å². The lowest BCUT2D eigenvalue weighted by atomic mass is 10.0. The number of halogens is 1. The number of hydrogen-bond donors (Lipinski definition) is 1. The van der Waals surface area contributed by atoms with Crippen LogP contribution >= 0.6 is 11.6 Å². The van der Waals surface area contributed by atoms with Crippen molar-refractivity contribution in [3.63, 3.8) is 0 Å². The van der Waals surface area contributed by atoms with Gasteiger partial charge in [-0.15, -0.1) is 0 Å². The standard InChI is InChI=1S/C13H11ClO/c14-13-11(9-15)7-4-8-12(13)10-5-2-1-3-6-10/h1-8,15H,9H2. The molecular weight excluding hydrogens is 208 g/mol. The minimum Gasteiger partial charge on any atom is -0.392 e. The van der Waals surface area contributed by atoms with E-state index < -0.39 is 0 Å². The van der Waals surface area contributed by atoms with Crippen molar-refractivity contribution in [1.82, 2.24) is 0 Å². The predicted molar refractivity (Wildman–Crippen MR) is 62.8 cm³/mol. The van der Waals surface area contributed by atoms with Crippen molar-refractivity contribution in [3.8, 4) is 11.1 Å². The molecule has 0 heterocycles. The lowest BCUT2D eigenvalue weighted by Crippen LogP contribution is -1.87. The smallest absolute Gasteiger partial charge is 0.0696 e. The summed E-state index contributed by atoms with van der Waals surface area (Å²) in [6.07, 6.45) is 0. The molecule has 2 aromatic carbocycles. The fraction of sp³-hybridized carbons (Fsp3) is 0.0769. The first-order valence-electron chi connectivity index (χ1n) is 4.76. The molecular formula is C13H11ClO. The molecule has 0 aliphatic heterocycles. The van der Waals surface area contributed by atoms with Crippen LogP contribution in [0.3, 0.4) is 0 Å². The zero-order chi connectivity index (χ0) is 10.7.